The monoisotopic (exact) mass is 360 g/mol. The number of amides is 1. The summed E-state index contributed by atoms with van der Waals surface area (Å²) >= 11 is 0. The Bertz CT molecular complexity index is 821. The summed E-state index contributed by atoms with van der Waals surface area (Å²) in [5.41, 5.74) is 1.19. The second-order valence-corrected chi connectivity index (χ2v) is 5.60. The molecule has 8 nitrogen and oxygen atoms in total. The molecule has 8 heteroatoms. The number of nitrogens with one attached hydrogen (secondary N) is 1. The number of aliphatic hydroxyl groups is 1. The molecule has 0 aromatic heterocycles. The average Bonchev–Trinajstić information content (AvgIpc) is 2.64. The molecule has 0 fully saturated rings. The number of nitro benzene ring substituents is 1. The molecule has 26 heavy (non-hydrogen) atoms. The molecule has 0 radical (unpaired) electrons. The second-order valence-electron chi connectivity index (χ2n) is 5.60. The zero-order valence-corrected chi connectivity index (χ0v) is 14.7. The molecule has 0 bridgehead atoms. The molecule has 1 atom stereocenters. The first-order valence-electron chi connectivity index (χ1n) is 7.80. The van der Waals surface area contributed by atoms with E-state index in [2.05, 4.69) is 5.32 Å². The van der Waals surface area contributed by atoms with Crippen LogP contribution in [0, 0.1) is 17.0 Å². The standard InChI is InChI=1S/C18H20N2O6/c1-11-8-13(4-6-14(11)20(23)24)18(22)19-10-15(21)12-5-7-16(25-2)17(9-12)26-3/h4-9,15,21H,10H2,1-3H3,(H,19,22). The van der Waals surface area contributed by atoms with Crippen molar-refractivity contribution in [3.05, 3.63) is 63.2 Å². The third-order valence-corrected chi connectivity index (χ3v) is 3.90. The molecule has 0 aliphatic heterocycles. The quantitative estimate of drug-likeness (QED) is 0.579. The Kier molecular flexibility index (Phi) is 6.13. The van der Waals surface area contributed by atoms with Gasteiger partial charge in [0.1, 0.15) is 0 Å². The molecule has 2 rings (SSSR count). The Balaban J connectivity index is 2.05. The molecule has 1 unspecified atom stereocenters. The summed E-state index contributed by atoms with van der Waals surface area (Å²) in [4.78, 5) is 22.5. The van der Waals surface area contributed by atoms with Gasteiger partial charge >= 0.3 is 0 Å². The lowest BCUT2D eigenvalue weighted by atomic mass is 10.1. The Morgan fingerprint density at radius 3 is 2.46 bits per heavy atom. The molecule has 2 aromatic rings. The smallest absolute Gasteiger partial charge is 0.272 e. The summed E-state index contributed by atoms with van der Waals surface area (Å²) in [5, 5.41) is 23.7. The largest absolute Gasteiger partial charge is 0.493 e. The van der Waals surface area contributed by atoms with Gasteiger partial charge in [0.25, 0.3) is 11.6 Å². The highest BCUT2D eigenvalue weighted by Gasteiger charge is 2.16. The number of carbonyl (C=O) groups excluding carboxylic acids is 1. The number of carbonyl (C=O) groups is 1. The number of rotatable bonds is 7. The first-order chi connectivity index (χ1) is 12.4. The van der Waals surface area contributed by atoms with E-state index in [0.29, 0.717) is 22.6 Å². The minimum atomic E-state index is -0.946. The number of nitrogens with zero attached hydrogens (tertiary/aromatic N) is 1. The first-order valence-corrected chi connectivity index (χ1v) is 7.80. The summed E-state index contributed by atoms with van der Waals surface area (Å²) in [6.45, 7) is 1.54. The van der Waals surface area contributed by atoms with Crippen LogP contribution in [0.3, 0.4) is 0 Å². The van der Waals surface area contributed by atoms with E-state index in [1.807, 2.05) is 0 Å². The van der Waals surface area contributed by atoms with Gasteiger partial charge in [-0.25, -0.2) is 0 Å². The van der Waals surface area contributed by atoms with Crippen molar-refractivity contribution in [3.8, 4) is 11.5 Å². The van der Waals surface area contributed by atoms with E-state index in [4.69, 9.17) is 9.47 Å². The molecule has 1 amide bonds. The van der Waals surface area contributed by atoms with E-state index in [1.54, 1.807) is 25.1 Å². The Morgan fingerprint density at radius 1 is 1.19 bits per heavy atom. The van der Waals surface area contributed by atoms with E-state index in [0.717, 1.165) is 0 Å². The van der Waals surface area contributed by atoms with Crippen molar-refractivity contribution in [2.75, 3.05) is 20.8 Å². The predicted octanol–water partition coefficient (Wildman–Crippen LogP) is 2.38. The van der Waals surface area contributed by atoms with Crippen LogP contribution in [-0.2, 0) is 0 Å². The lowest BCUT2D eigenvalue weighted by molar-refractivity contribution is -0.385. The highest BCUT2D eigenvalue weighted by molar-refractivity contribution is 5.94. The van der Waals surface area contributed by atoms with Gasteiger partial charge in [0.05, 0.1) is 25.2 Å². The predicted molar refractivity (Wildman–Crippen MR) is 94.7 cm³/mol. The van der Waals surface area contributed by atoms with Crippen LogP contribution in [0.5, 0.6) is 11.5 Å². The van der Waals surface area contributed by atoms with Crippen LogP contribution in [0.1, 0.15) is 27.6 Å². The van der Waals surface area contributed by atoms with Gasteiger partial charge in [-0.3, -0.25) is 14.9 Å². The lowest BCUT2D eigenvalue weighted by Crippen LogP contribution is -2.28. The van der Waals surface area contributed by atoms with Gasteiger partial charge in [-0.1, -0.05) is 6.07 Å². The zero-order chi connectivity index (χ0) is 19.3. The van der Waals surface area contributed by atoms with Crippen molar-refractivity contribution in [1.29, 1.82) is 0 Å². The normalized spacial score (nSPS) is 11.5. The number of hydrogen-bond acceptors (Lipinski definition) is 6. The maximum Gasteiger partial charge on any atom is 0.272 e. The molecule has 0 aliphatic carbocycles. The zero-order valence-electron chi connectivity index (χ0n) is 14.7. The Morgan fingerprint density at radius 2 is 1.88 bits per heavy atom. The van der Waals surface area contributed by atoms with E-state index < -0.39 is 16.9 Å². The first kappa shape index (κ1) is 19.2. The number of hydrogen-bond donors (Lipinski definition) is 2. The van der Waals surface area contributed by atoms with Crippen LogP contribution in [-0.4, -0.2) is 36.7 Å². The van der Waals surface area contributed by atoms with Gasteiger partial charge in [0.2, 0.25) is 0 Å². The SMILES string of the molecule is COc1ccc(C(O)CNC(=O)c2ccc([N+](=O)[O-])c(C)c2)cc1OC. The molecule has 0 saturated carbocycles. The molecule has 138 valence electrons. The highest BCUT2D eigenvalue weighted by atomic mass is 16.6. The summed E-state index contributed by atoms with van der Waals surface area (Å²) in [5.74, 6) is 0.581. The molecule has 2 aromatic carbocycles. The third kappa shape index (κ3) is 4.28. The Hall–Kier alpha value is -3.13. The van der Waals surface area contributed by atoms with Crippen LogP contribution in [0.4, 0.5) is 5.69 Å². The van der Waals surface area contributed by atoms with Gasteiger partial charge in [-0.15, -0.1) is 0 Å². The fourth-order valence-electron chi connectivity index (χ4n) is 2.47. The summed E-state index contributed by atoms with van der Waals surface area (Å²) in [6.07, 6.45) is -0.946. The van der Waals surface area contributed by atoms with Gasteiger partial charge in [-0.05, 0) is 36.8 Å². The number of nitro groups is 1. The molecule has 0 aliphatic rings. The molecule has 0 saturated heterocycles. The van der Waals surface area contributed by atoms with Gasteiger partial charge < -0.3 is 19.9 Å². The molecular formula is C18H20N2O6. The number of methoxy groups -OCH3 is 2. The van der Waals surface area contributed by atoms with Gasteiger partial charge in [0, 0.05) is 23.7 Å². The van der Waals surface area contributed by atoms with Crippen molar-refractivity contribution in [2.24, 2.45) is 0 Å². The number of ether oxygens (including phenoxy) is 2. The summed E-state index contributed by atoms with van der Waals surface area (Å²) in [7, 11) is 3.01. The summed E-state index contributed by atoms with van der Waals surface area (Å²) < 4.78 is 10.3. The van der Waals surface area contributed by atoms with E-state index >= 15 is 0 Å². The number of benzene rings is 2. The van der Waals surface area contributed by atoms with Crippen LogP contribution < -0.4 is 14.8 Å². The van der Waals surface area contributed by atoms with Crippen molar-refractivity contribution < 1.29 is 24.3 Å². The summed E-state index contributed by atoms with van der Waals surface area (Å²) in [6, 6.07) is 9.08. The van der Waals surface area contributed by atoms with Gasteiger partial charge in [-0.2, -0.15) is 0 Å². The van der Waals surface area contributed by atoms with Crippen molar-refractivity contribution in [3.63, 3.8) is 0 Å². The maximum absolute atomic E-state index is 12.2. The van der Waals surface area contributed by atoms with Crippen molar-refractivity contribution in [2.45, 2.75) is 13.0 Å². The lowest BCUT2D eigenvalue weighted by Gasteiger charge is -2.15. The highest BCUT2D eigenvalue weighted by Crippen LogP contribution is 2.29. The second kappa shape index (κ2) is 8.30. The average molecular weight is 360 g/mol. The fraction of sp³-hybridized carbons (Fsp3) is 0.278. The van der Waals surface area contributed by atoms with E-state index in [9.17, 15) is 20.0 Å². The van der Waals surface area contributed by atoms with Crippen molar-refractivity contribution >= 4 is 11.6 Å². The molecular weight excluding hydrogens is 340 g/mol. The van der Waals surface area contributed by atoms with Crippen LogP contribution in [0.25, 0.3) is 0 Å². The van der Waals surface area contributed by atoms with Gasteiger partial charge in [0.15, 0.2) is 11.5 Å². The molecule has 0 heterocycles. The number of aryl methyl sites for hydroxylation is 1. The maximum atomic E-state index is 12.2. The van der Waals surface area contributed by atoms with Crippen LogP contribution in [0.2, 0.25) is 0 Å². The minimum Gasteiger partial charge on any atom is -0.493 e. The van der Waals surface area contributed by atoms with Crippen LogP contribution in [0.15, 0.2) is 36.4 Å². The topological polar surface area (TPSA) is 111 Å². The van der Waals surface area contributed by atoms with E-state index in [-0.39, 0.29) is 17.8 Å². The van der Waals surface area contributed by atoms with E-state index in [1.165, 1.54) is 32.4 Å². The van der Waals surface area contributed by atoms with Crippen LogP contribution >= 0.6 is 0 Å². The molecule has 0 spiro atoms. The number of aliphatic hydroxyl groups excluding tert-OH is 1. The minimum absolute atomic E-state index is 0.0235. The van der Waals surface area contributed by atoms with Crippen molar-refractivity contribution in [1.82, 2.24) is 5.32 Å². The third-order valence-electron chi connectivity index (χ3n) is 3.90. The Labute approximate surface area is 150 Å². The molecule has 2 N–H and O–H groups in total. The fourth-order valence-corrected chi connectivity index (χ4v) is 2.47.